The fourth-order valence-electron chi connectivity index (χ4n) is 3.03. The van der Waals surface area contributed by atoms with Crippen LogP contribution < -0.4 is 14.8 Å². The number of methoxy groups -OCH3 is 2. The molecule has 0 spiro atoms. The summed E-state index contributed by atoms with van der Waals surface area (Å²) in [4.78, 5) is 21.2. The van der Waals surface area contributed by atoms with Gasteiger partial charge in [0.2, 0.25) is 5.95 Å². The Morgan fingerprint density at radius 1 is 1.19 bits per heavy atom. The van der Waals surface area contributed by atoms with Crippen LogP contribution in [0.1, 0.15) is 22.8 Å². The number of benzene rings is 1. The Morgan fingerprint density at radius 2 is 2.03 bits per heavy atom. The topological polar surface area (TPSA) is 113 Å². The molecule has 10 nitrogen and oxygen atoms in total. The summed E-state index contributed by atoms with van der Waals surface area (Å²) >= 11 is 0. The number of rotatable bonds is 8. The van der Waals surface area contributed by atoms with Crippen LogP contribution >= 0.6 is 0 Å². The predicted molar refractivity (Wildman–Crippen MR) is 111 cm³/mol. The van der Waals surface area contributed by atoms with E-state index in [0.29, 0.717) is 41.0 Å². The molecule has 3 heterocycles. The molecule has 0 radical (unpaired) electrons. The van der Waals surface area contributed by atoms with E-state index in [9.17, 15) is 4.79 Å². The van der Waals surface area contributed by atoms with Crippen molar-refractivity contribution in [3.63, 3.8) is 0 Å². The third-order valence-electron chi connectivity index (χ3n) is 4.54. The first kappa shape index (κ1) is 20.2. The number of carbonyl (C=O) groups excluding carboxylic acids is 1. The molecule has 0 bridgehead atoms. The summed E-state index contributed by atoms with van der Waals surface area (Å²) < 4.78 is 22.4. The zero-order chi connectivity index (χ0) is 21.8. The summed E-state index contributed by atoms with van der Waals surface area (Å²) in [7, 11) is 3.17. The van der Waals surface area contributed by atoms with Crippen molar-refractivity contribution in [1.29, 1.82) is 0 Å². The molecule has 4 rings (SSSR count). The van der Waals surface area contributed by atoms with Crippen LogP contribution in [0, 0.1) is 0 Å². The first-order valence-corrected chi connectivity index (χ1v) is 9.54. The molecule has 160 valence electrons. The molecule has 0 fully saturated rings. The largest absolute Gasteiger partial charge is 0.493 e. The minimum atomic E-state index is -0.516. The quantitative estimate of drug-likeness (QED) is 0.427. The number of hydrogen-bond donors (Lipinski definition) is 1. The number of ether oxygens (including phenoxy) is 3. The lowest BCUT2D eigenvalue weighted by Crippen LogP contribution is -2.12. The molecular formula is C21H21N5O5. The lowest BCUT2D eigenvalue weighted by atomic mass is 10.2. The van der Waals surface area contributed by atoms with Gasteiger partial charge in [-0.3, -0.25) is 0 Å². The Kier molecular flexibility index (Phi) is 5.69. The van der Waals surface area contributed by atoms with Crippen molar-refractivity contribution in [2.45, 2.75) is 13.5 Å². The zero-order valence-corrected chi connectivity index (χ0v) is 17.3. The number of furan rings is 1. The molecule has 0 saturated carbocycles. The molecule has 1 aromatic carbocycles. The highest BCUT2D eigenvalue weighted by Gasteiger charge is 2.20. The maximum Gasteiger partial charge on any atom is 0.343 e. The van der Waals surface area contributed by atoms with E-state index in [1.165, 1.54) is 23.2 Å². The number of hydrogen-bond acceptors (Lipinski definition) is 9. The predicted octanol–water partition coefficient (Wildman–Crippen LogP) is 3.19. The van der Waals surface area contributed by atoms with E-state index in [1.54, 1.807) is 27.2 Å². The maximum absolute atomic E-state index is 12.4. The highest BCUT2D eigenvalue weighted by atomic mass is 16.5. The van der Waals surface area contributed by atoms with Gasteiger partial charge in [-0.1, -0.05) is 6.07 Å². The molecule has 0 unspecified atom stereocenters. The Labute approximate surface area is 177 Å². The summed E-state index contributed by atoms with van der Waals surface area (Å²) in [6.45, 7) is 2.41. The van der Waals surface area contributed by atoms with Gasteiger partial charge in [0.25, 0.3) is 0 Å². The van der Waals surface area contributed by atoms with Crippen LogP contribution in [-0.4, -0.2) is 46.4 Å². The number of nitrogens with zero attached hydrogens (tertiary/aromatic N) is 4. The summed E-state index contributed by atoms with van der Waals surface area (Å²) in [5.74, 6) is 1.58. The van der Waals surface area contributed by atoms with Crippen LogP contribution in [0.3, 0.4) is 0 Å². The molecular weight excluding hydrogens is 402 g/mol. The van der Waals surface area contributed by atoms with Crippen LogP contribution in [0.25, 0.3) is 17.0 Å². The zero-order valence-electron chi connectivity index (χ0n) is 17.3. The molecule has 0 amide bonds. The molecule has 3 aromatic heterocycles. The third kappa shape index (κ3) is 4.00. The Bertz CT molecular complexity index is 1200. The van der Waals surface area contributed by atoms with E-state index in [-0.39, 0.29) is 12.2 Å². The average molecular weight is 423 g/mol. The minimum Gasteiger partial charge on any atom is -0.493 e. The van der Waals surface area contributed by atoms with Gasteiger partial charge >= 0.3 is 5.97 Å². The molecule has 0 atom stereocenters. The Hall–Kier alpha value is -4.08. The van der Waals surface area contributed by atoms with Gasteiger partial charge in [0.1, 0.15) is 11.8 Å². The van der Waals surface area contributed by atoms with Crippen molar-refractivity contribution in [1.82, 2.24) is 19.6 Å². The summed E-state index contributed by atoms with van der Waals surface area (Å²) in [6, 6.07) is 7.35. The highest BCUT2D eigenvalue weighted by molar-refractivity contribution is 5.96. The number of aromatic nitrogens is 4. The number of anilines is 1. The number of fused-ring (bicyclic) bond motifs is 1. The second-order valence-corrected chi connectivity index (χ2v) is 6.44. The van der Waals surface area contributed by atoms with Crippen LogP contribution in [0.2, 0.25) is 0 Å². The SMILES string of the molecule is CCOC(=O)c1cnc(NCc2ccc(OC)c(OC)c2)n2nc(-c3ccoc3)nc12. The van der Waals surface area contributed by atoms with Gasteiger partial charge in [-0.2, -0.15) is 4.52 Å². The monoisotopic (exact) mass is 423 g/mol. The van der Waals surface area contributed by atoms with E-state index in [4.69, 9.17) is 18.6 Å². The lowest BCUT2D eigenvalue weighted by molar-refractivity contribution is 0.0527. The van der Waals surface area contributed by atoms with Crippen molar-refractivity contribution in [3.8, 4) is 22.9 Å². The van der Waals surface area contributed by atoms with Crippen LogP contribution in [-0.2, 0) is 11.3 Å². The normalized spacial score (nSPS) is 10.8. The van der Waals surface area contributed by atoms with Crippen molar-refractivity contribution >= 4 is 17.6 Å². The van der Waals surface area contributed by atoms with Crippen molar-refractivity contribution in [2.24, 2.45) is 0 Å². The molecule has 4 aromatic rings. The third-order valence-corrected chi connectivity index (χ3v) is 4.54. The van der Waals surface area contributed by atoms with Crippen molar-refractivity contribution in [3.05, 3.63) is 54.1 Å². The molecule has 0 aliphatic rings. The number of carbonyl (C=O) groups is 1. The van der Waals surface area contributed by atoms with Gasteiger partial charge in [-0.15, -0.1) is 5.10 Å². The molecule has 0 aliphatic carbocycles. The first-order valence-electron chi connectivity index (χ1n) is 9.54. The van der Waals surface area contributed by atoms with Gasteiger partial charge < -0.3 is 23.9 Å². The lowest BCUT2D eigenvalue weighted by Gasteiger charge is -2.11. The van der Waals surface area contributed by atoms with Crippen molar-refractivity contribution < 1.29 is 23.4 Å². The standard InChI is InChI=1S/C21H21N5O5/c1-4-31-20(27)15-11-23-21(22-10-13-5-6-16(28-2)17(9-13)29-3)26-19(15)24-18(25-26)14-7-8-30-12-14/h5-9,11-12H,4,10H2,1-3H3,(H,22,23). The van der Waals surface area contributed by atoms with Gasteiger partial charge in [0, 0.05) is 12.7 Å². The van der Waals surface area contributed by atoms with E-state index in [0.717, 1.165) is 5.56 Å². The average Bonchev–Trinajstić information content (AvgIpc) is 3.47. The first-order chi connectivity index (χ1) is 15.1. The second kappa shape index (κ2) is 8.74. The molecule has 0 aliphatic heterocycles. The van der Waals surface area contributed by atoms with Crippen LogP contribution in [0.4, 0.5) is 5.95 Å². The Morgan fingerprint density at radius 3 is 2.74 bits per heavy atom. The van der Waals surface area contributed by atoms with Crippen molar-refractivity contribution in [2.75, 3.05) is 26.1 Å². The molecule has 0 saturated heterocycles. The Balaban J connectivity index is 1.69. The molecule has 31 heavy (non-hydrogen) atoms. The van der Waals surface area contributed by atoms with Crippen LogP contribution in [0.15, 0.2) is 47.4 Å². The minimum absolute atomic E-state index is 0.223. The fourth-order valence-corrected chi connectivity index (χ4v) is 3.03. The summed E-state index contributed by atoms with van der Waals surface area (Å²) in [6.07, 6.45) is 4.49. The summed E-state index contributed by atoms with van der Waals surface area (Å²) in [5, 5.41) is 7.73. The fraction of sp³-hybridized carbons (Fsp3) is 0.238. The molecule has 10 heteroatoms. The van der Waals surface area contributed by atoms with Crippen LogP contribution in [0.5, 0.6) is 11.5 Å². The van der Waals surface area contributed by atoms with Gasteiger partial charge in [-0.05, 0) is 30.7 Å². The molecule has 1 N–H and O–H groups in total. The van der Waals surface area contributed by atoms with E-state index < -0.39 is 5.97 Å². The van der Waals surface area contributed by atoms with E-state index >= 15 is 0 Å². The maximum atomic E-state index is 12.4. The number of esters is 1. The van der Waals surface area contributed by atoms with Gasteiger partial charge in [0.05, 0.1) is 32.7 Å². The van der Waals surface area contributed by atoms with E-state index in [2.05, 4.69) is 20.4 Å². The van der Waals surface area contributed by atoms with E-state index in [1.807, 2.05) is 18.2 Å². The second-order valence-electron chi connectivity index (χ2n) is 6.44. The summed E-state index contributed by atoms with van der Waals surface area (Å²) in [5.41, 5.74) is 2.18. The van der Waals surface area contributed by atoms with Gasteiger partial charge in [0.15, 0.2) is 23.0 Å². The number of nitrogens with one attached hydrogen (secondary N) is 1. The van der Waals surface area contributed by atoms with Gasteiger partial charge in [-0.25, -0.2) is 14.8 Å². The smallest absolute Gasteiger partial charge is 0.343 e. The highest BCUT2D eigenvalue weighted by Crippen LogP contribution is 2.28.